The van der Waals surface area contributed by atoms with Crippen molar-refractivity contribution in [3.63, 3.8) is 0 Å². The standard InChI is InChI=1S/C9H8BrClO/c10-8(6-12)5-7-3-1-2-4-9(7)11/h1-4,6,8H,5H2/t8-/m0/s1. The van der Waals surface area contributed by atoms with E-state index in [2.05, 4.69) is 15.9 Å². The molecule has 0 spiro atoms. The first-order chi connectivity index (χ1) is 5.74. The van der Waals surface area contributed by atoms with Crippen molar-refractivity contribution < 1.29 is 4.79 Å². The minimum Gasteiger partial charge on any atom is -0.302 e. The van der Waals surface area contributed by atoms with Crippen LogP contribution in [0.25, 0.3) is 0 Å². The molecule has 64 valence electrons. The molecule has 0 bridgehead atoms. The van der Waals surface area contributed by atoms with E-state index < -0.39 is 0 Å². The van der Waals surface area contributed by atoms with E-state index in [1.54, 1.807) is 0 Å². The predicted molar refractivity (Wildman–Crippen MR) is 53.9 cm³/mol. The van der Waals surface area contributed by atoms with Gasteiger partial charge in [0.05, 0.1) is 4.83 Å². The highest BCUT2D eigenvalue weighted by atomic mass is 79.9. The molecule has 1 nitrogen and oxygen atoms in total. The van der Waals surface area contributed by atoms with Crippen LogP contribution in [0.1, 0.15) is 5.56 Å². The van der Waals surface area contributed by atoms with Gasteiger partial charge in [0.1, 0.15) is 6.29 Å². The fourth-order valence-electron chi connectivity index (χ4n) is 0.922. The molecule has 12 heavy (non-hydrogen) atoms. The third kappa shape index (κ3) is 2.61. The van der Waals surface area contributed by atoms with Crippen molar-refractivity contribution in [2.75, 3.05) is 0 Å². The minimum absolute atomic E-state index is 0.141. The van der Waals surface area contributed by atoms with Crippen LogP contribution in [-0.4, -0.2) is 11.1 Å². The number of carbonyl (C=O) groups excluding carboxylic acids is 1. The quantitative estimate of drug-likeness (QED) is 0.593. The smallest absolute Gasteiger partial charge is 0.133 e. The second kappa shape index (κ2) is 4.63. The number of hydrogen-bond donors (Lipinski definition) is 0. The third-order valence-corrected chi connectivity index (χ3v) is 2.43. The lowest BCUT2D eigenvalue weighted by atomic mass is 10.1. The highest BCUT2D eigenvalue weighted by molar-refractivity contribution is 9.09. The fraction of sp³-hybridized carbons (Fsp3) is 0.222. The van der Waals surface area contributed by atoms with E-state index in [0.717, 1.165) is 11.8 Å². The molecule has 0 aromatic heterocycles. The molecule has 3 heteroatoms. The lowest BCUT2D eigenvalue weighted by Crippen LogP contribution is -2.03. The van der Waals surface area contributed by atoms with Gasteiger partial charge in [-0.25, -0.2) is 0 Å². The Kier molecular flexibility index (Phi) is 3.76. The summed E-state index contributed by atoms with van der Waals surface area (Å²) in [6, 6.07) is 7.52. The van der Waals surface area contributed by atoms with E-state index >= 15 is 0 Å². The Balaban J connectivity index is 2.75. The molecular weight excluding hydrogens is 239 g/mol. The molecule has 0 N–H and O–H groups in total. The molecule has 0 aliphatic rings. The van der Waals surface area contributed by atoms with Gasteiger partial charge in [-0.05, 0) is 18.1 Å². The number of halogens is 2. The Bertz CT molecular complexity index is 275. The van der Waals surface area contributed by atoms with E-state index in [1.807, 2.05) is 24.3 Å². The molecule has 1 aromatic carbocycles. The van der Waals surface area contributed by atoms with Crippen molar-refractivity contribution in [3.05, 3.63) is 34.9 Å². The van der Waals surface area contributed by atoms with Crippen LogP contribution >= 0.6 is 27.5 Å². The average molecular weight is 248 g/mol. The van der Waals surface area contributed by atoms with Crippen LogP contribution in [0.5, 0.6) is 0 Å². The lowest BCUT2D eigenvalue weighted by molar-refractivity contribution is -0.107. The topological polar surface area (TPSA) is 17.1 Å². The van der Waals surface area contributed by atoms with Crippen LogP contribution in [0.15, 0.2) is 24.3 Å². The number of aldehydes is 1. The predicted octanol–water partition coefficient (Wildman–Crippen LogP) is 2.84. The van der Waals surface area contributed by atoms with Gasteiger partial charge >= 0.3 is 0 Å². The maximum absolute atomic E-state index is 10.3. The summed E-state index contributed by atoms with van der Waals surface area (Å²) < 4.78 is 0. The van der Waals surface area contributed by atoms with Crippen molar-refractivity contribution in [1.29, 1.82) is 0 Å². The number of hydrogen-bond acceptors (Lipinski definition) is 1. The van der Waals surface area contributed by atoms with Gasteiger partial charge in [-0.1, -0.05) is 45.7 Å². The summed E-state index contributed by atoms with van der Waals surface area (Å²) in [4.78, 5) is 10.2. The zero-order valence-electron chi connectivity index (χ0n) is 6.34. The molecule has 1 aromatic rings. The molecule has 0 unspecified atom stereocenters. The summed E-state index contributed by atoms with van der Waals surface area (Å²) >= 11 is 9.11. The van der Waals surface area contributed by atoms with Crippen LogP contribution in [0, 0.1) is 0 Å². The number of rotatable bonds is 3. The van der Waals surface area contributed by atoms with Crippen LogP contribution < -0.4 is 0 Å². The van der Waals surface area contributed by atoms with Crippen LogP contribution in [0.4, 0.5) is 0 Å². The van der Waals surface area contributed by atoms with Crippen molar-refractivity contribution in [2.45, 2.75) is 11.2 Å². The summed E-state index contributed by atoms with van der Waals surface area (Å²) in [5.41, 5.74) is 0.994. The molecule has 0 saturated heterocycles. The average Bonchev–Trinajstić information content (AvgIpc) is 2.09. The Morgan fingerprint density at radius 3 is 2.75 bits per heavy atom. The van der Waals surface area contributed by atoms with E-state index in [0.29, 0.717) is 11.4 Å². The number of alkyl halides is 1. The molecule has 1 atom stereocenters. The van der Waals surface area contributed by atoms with Crippen molar-refractivity contribution in [2.24, 2.45) is 0 Å². The molecule has 1 rings (SSSR count). The van der Waals surface area contributed by atoms with Crippen molar-refractivity contribution >= 4 is 33.8 Å². The van der Waals surface area contributed by atoms with Gasteiger partial charge in [-0.2, -0.15) is 0 Å². The maximum atomic E-state index is 10.3. The van der Waals surface area contributed by atoms with E-state index in [4.69, 9.17) is 11.6 Å². The second-order valence-corrected chi connectivity index (χ2v) is 4.03. The Morgan fingerprint density at radius 1 is 1.50 bits per heavy atom. The Hall–Kier alpha value is -0.340. The highest BCUT2D eigenvalue weighted by Crippen LogP contribution is 2.18. The number of carbonyl (C=O) groups is 1. The zero-order chi connectivity index (χ0) is 8.97. The molecule has 0 heterocycles. The summed E-state index contributed by atoms with van der Waals surface area (Å²) in [5.74, 6) is 0. The zero-order valence-corrected chi connectivity index (χ0v) is 8.68. The van der Waals surface area contributed by atoms with E-state index in [1.165, 1.54) is 0 Å². The maximum Gasteiger partial charge on any atom is 0.133 e. The number of benzene rings is 1. The van der Waals surface area contributed by atoms with Gasteiger partial charge in [0.25, 0.3) is 0 Å². The Morgan fingerprint density at radius 2 is 2.17 bits per heavy atom. The lowest BCUT2D eigenvalue weighted by Gasteiger charge is -2.03. The molecule has 0 saturated carbocycles. The minimum atomic E-state index is -0.141. The van der Waals surface area contributed by atoms with Crippen LogP contribution in [0.2, 0.25) is 5.02 Å². The highest BCUT2D eigenvalue weighted by Gasteiger charge is 2.05. The molecule has 0 amide bonds. The van der Waals surface area contributed by atoms with Gasteiger partial charge in [-0.15, -0.1) is 0 Å². The summed E-state index contributed by atoms with van der Waals surface area (Å²) in [6.07, 6.45) is 1.51. The summed E-state index contributed by atoms with van der Waals surface area (Å²) in [6.45, 7) is 0. The molecule has 0 fully saturated rings. The van der Waals surface area contributed by atoms with Crippen LogP contribution in [0.3, 0.4) is 0 Å². The van der Waals surface area contributed by atoms with Gasteiger partial charge in [-0.3, -0.25) is 0 Å². The first kappa shape index (κ1) is 9.75. The second-order valence-electron chi connectivity index (χ2n) is 2.45. The third-order valence-electron chi connectivity index (χ3n) is 1.52. The SMILES string of the molecule is O=C[C@@H](Br)Cc1ccccc1Cl. The first-order valence-corrected chi connectivity index (χ1v) is 4.86. The first-order valence-electron chi connectivity index (χ1n) is 3.57. The van der Waals surface area contributed by atoms with Crippen LogP contribution in [-0.2, 0) is 11.2 Å². The molecule has 0 aliphatic carbocycles. The van der Waals surface area contributed by atoms with E-state index in [-0.39, 0.29) is 4.83 Å². The molecular formula is C9H8BrClO. The summed E-state index contributed by atoms with van der Waals surface area (Å²) in [5, 5.41) is 0.712. The van der Waals surface area contributed by atoms with Gasteiger partial charge < -0.3 is 4.79 Å². The summed E-state index contributed by atoms with van der Waals surface area (Å²) in [7, 11) is 0. The largest absolute Gasteiger partial charge is 0.302 e. The van der Waals surface area contributed by atoms with Gasteiger partial charge in [0.15, 0.2) is 0 Å². The molecule has 0 radical (unpaired) electrons. The van der Waals surface area contributed by atoms with Crippen molar-refractivity contribution in [1.82, 2.24) is 0 Å². The van der Waals surface area contributed by atoms with Crippen molar-refractivity contribution in [3.8, 4) is 0 Å². The van der Waals surface area contributed by atoms with Gasteiger partial charge in [0, 0.05) is 5.02 Å². The Labute approximate surface area is 84.9 Å². The van der Waals surface area contributed by atoms with E-state index in [9.17, 15) is 4.79 Å². The fourth-order valence-corrected chi connectivity index (χ4v) is 1.48. The monoisotopic (exact) mass is 246 g/mol. The normalized spacial score (nSPS) is 12.5. The molecule has 0 aliphatic heterocycles. The van der Waals surface area contributed by atoms with Gasteiger partial charge in [0.2, 0.25) is 0 Å².